The fourth-order valence-electron chi connectivity index (χ4n) is 3.97. The highest BCUT2D eigenvalue weighted by Gasteiger charge is 2.38. The van der Waals surface area contributed by atoms with Gasteiger partial charge >= 0.3 is 6.03 Å². The first-order valence-electron chi connectivity index (χ1n) is 10.2. The van der Waals surface area contributed by atoms with E-state index in [-0.39, 0.29) is 36.6 Å². The Morgan fingerprint density at radius 3 is 2.55 bits per heavy atom. The lowest BCUT2D eigenvalue weighted by atomic mass is 10.00. The molecule has 29 heavy (non-hydrogen) atoms. The number of aromatic nitrogens is 1. The van der Waals surface area contributed by atoms with Crippen molar-refractivity contribution in [1.82, 2.24) is 19.7 Å². The minimum absolute atomic E-state index is 0.0248. The van der Waals surface area contributed by atoms with Gasteiger partial charge in [-0.25, -0.2) is 4.79 Å². The monoisotopic (exact) mass is 414 g/mol. The Labute approximate surface area is 176 Å². The molecule has 0 saturated heterocycles. The molecule has 2 aliphatic rings. The molecule has 1 aliphatic heterocycles. The molecule has 2 heterocycles. The Bertz CT molecular complexity index is 888. The molecule has 0 radical (unpaired) electrons. The second-order valence-corrected chi connectivity index (χ2v) is 8.57. The van der Waals surface area contributed by atoms with Crippen molar-refractivity contribution in [2.45, 2.75) is 51.4 Å². The van der Waals surface area contributed by atoms with E-state index in [2.05, 4.69) is 16.0 Å². The molecule has 1 fully saturated rings. The molecule has 1 saturated carbocycles. The van der Waals surface area contributed by atoms with Crippen molar-refractivity contribution in [2.24, 2.45) is 0 Å². The first kappa shape index (κ1) is 19.8. The van der Waals surface area contributed by atoms with Crippen LogP contribution in [-0.2, 0) is 11.3 Å². The summed E-state index contributed by atoms with van der Waals surface area (Å²) < 4.78 is 2.19. The van der Waals surface area contributed by atoms with E-state index in [1.807, 2.05) is 55.3 Å². The van der Waals surface area contributed by atoms with E-state index in [0.717, 1.165) is 30.6 Å². The van der Waals surface area contributed by atoms with Gasteiger partial charge in [-0.05, 0) is 56.5 Å². The average Bonchev–Trinajstić information content (AvgIpc) is 3.41. The number of hydrogen-bond donors (Lipinski definition) is 1. The second kappa shape index (κ2) is 8.11. The third kappa shape index (κ3) is 4.27. The van der Waals surface area contributed by atoms with Gasteiger partial charge in [-0.1, -0.05) is 23.7 Å². The van der Waals surface area contributed by atoms with E-state index in [9.17, 15) is 9.59 Å². The highest BCUT2D eigenvalue weighted by molar-refractivity contribution is 6.30. The molecule has 0 bridgehead atoms. The number of halogens is 1. The quantitative estimate of drug-likeness (QED) is 0.811. The molecule has 6 nitrogen and oxygen atoms in total. The van der Waals surface area contributed by atoms with Crippen LogP contribution in [0, 0.1) is 0 Å². The molecule has 0 spiro atoms. The molecule has 0 unspecified atom stereocenters. The van der Waals surface area contributed by atoms with E-state index < -0.39 is 0 Å². The number of rotatable bonds is 5. The zero-order chi connectivity index (χ0) is 20.5. The van der Waals surface area contributed by atoms with Gasteiger partial charge in [0.15, 0.2) is 0 Å². The fraction of sp³-hybridized carbons (Fsp3) is 0.455. The lowest BCUT2D eigenvalue weighted by molar-refractivity contribution is -0.134. The van der Waals surface area contributed by atoms with Gasteiger partial charge in [-0.15, -0.1) is 0 Å². The smallest absolute Gasteiger partial charge is 0.318 e. The normalized spacial score (nSPS) is 18.5. The van der Waals surface area contributed by atoms with Crippen LogP contribution in [0.15, 0.2) is 42.6 Å². The molecule has 2 aromatic rings. The van der Waals surface area contributed by atoms with E-state index in [0.29, 0.717) is 11.6 Å². The van der Waals surface area contributed by atoms with E-state index in [1.165, 1.54) is 0 Å². The summed E-state index contributed by atoms with van der Waals surface area (Å²) in [6.07, 6.45) is 3.97. The molecule has 1 aromatic heterocycles. The molecule has 1 N–H and O–H groups in total. The largest absolute Gasteiger partial charge is 0.348 e. The molecule has 4 rings (SSSR count). The number of amides is 3. The van der Waals surface area contributed by atoms with Crippen molar-refractivity contribution in [2.75, 3.05) is 13.1 Å². The number of nitrogens with one attached hydrogen (secondary N) is 1. The topological polar surface area (TPSA) is 57.6 Å². The second-order valence-electron chi connectivity index (χ2n) is 8.13. The number of nitrogens with zero attached hydrogens (tertiary/aromatic N) is 3. The van der Waals surface area contributed by atoms with Crippen LogP contribution in [0.5, 0.6) is 0 Å². The predicted octanol–water partition coefficient (Wildman–Crippen LogP) is 3.66. The number of carbonyl (C=O) groups excluding carboxylic acids is 2. The van der Waals surface area contributed by atoms with Gasteiger partial charge < -0.3 is 19.7 Å². The van der Waals surface area contributed by atoms with Crippen LogP contribution < -0.4 is 5.32 Å². The predicted molar refractivity (Wildman–Crippen MR) is 113 cm³/mol. The lowest BCUT2D eigenvalue weighted by Gasteiger charge is -2.38. The summed E-state index contributed by atoms with van der Waals surface area (Å²) >= 11 is 6.08. The summed E-state index contributed by atoms with van der Waals surface area (Å²) in [5.74, 6) is -0.0248. The molecular formula is C22H27ClN4O2. The number of fused-ring (bicyclic) bond motifs is 1. The average molecular weight is 415 g/mol. The Morgan fingerprint density at radius 2 is 1.90 bits per heavy atom. The van der Waals surface area contributed by atoms with E-state index >= 15 is 0 Å². The van der Waals surface area contributed by atoms with Crippen LogP contribution in [-0.4, -0.2) is 51.5 Å². The Kier molecular flexibility index (Phi) is 5.54. The lowest BCUT2D eigenvalue weighted by Crippen LogP contribution is -2.51. The summed E-state index contributed by atoms with van der Waals surface area (Å²) in [5, 5.41) is 3.60. The van der Waals surface area contributed by atoms with Crippen molar-refractivity contribution in [1.29, 1.82) is 0 Å². The Morgan fingerprint density at radius 1 is 1.17 bits per heavy atom. The third-order valence-corrected chi connectivity index (χ3v) is 5.76. The van der Waals surface area contributed by atoms with E-state index in [1.54, 1.807) is 4.90 Å². The maximum Gasteiger partial charge on any atom is 0.318 e. The van der Waals surface area contributed by atoms with Crippen molar-refractivity contribution >= 4 is 23.5 Å². The number of hydrogen-bond acceptors (Lipinski definition) is 2. The minimum atomic E-state index is -0.183. The van der Waals surface area contributed by atoms with Crippen LogP contribution in [0.1, 0.15) is 44.0 Å². The molecule has 154 valence electrons. The number of urea groups is 1. The van der Waals surface area contributed by atoms with Gasteiger partial charge in [0.25, 0.3) is 0 Å². The zero-order valence-corrected chi connectivity index (χ0v) is 17.6. The maximum atomic E-state index is 13.4. The molecule has 7 heteroatoms. The summed E-state index contributed by atoms with van der Waals surface area (Å²) in [7, 11) is 0. The van der Waals surface area contributed by atoms with Crippen LogP contribution in [0.3, 0.4) is 0 Å². The van der Waals surface area contributed by atoms with Crippen LogP contribution in [0.2, 0.25) is 5.02 Å². The SMILES string of the molecule is CC(C)NC(=O)N(CC(=O)N1CCn2cccc2[C@@H]1c1ccc(Cl)cc1)C1CC1. The first-order valence-corrected chi connectivity index (χ1v) is 10.6. The standard InChI is InChI=1S/C22H27ClN4O2/c1-15(2)24-22(29)27(18-9-10-18)14-20(28)26-13-12-25-11-3-4-19(25)21(26)16-5-7-17(23)8-6-16/h3-8,11,15,18,21H,9-10,12-14H2,1-2H3,(H,24,29)/t21-/m0/s1. The van der Waals surface area contributed by atoms with Crippen molar-refractivity contribution in [3.63, 3.8) is 0 Å². The van der Waals surface area contributed by atoms with Gasteiger partial charge in [0.2, 0.25) is 5.91 Å². The van der Waals surface area contributed by atoms with Crippen molar-refractivity contribution in [3.8, 4) is 0 Å². The number of carbonyl (C=O) groups is 2. The minimum Gasteiger partial charge on any atom is -0.348 e. The molecule has 1 aromatic carbocycles. The van der Waals surface area contributed by atoms with E-state index in [4.69, 9.17) is 11.6 Å². The van der Waals surface area contributed by atoms with Crippen LogP contribution in [0.25, 0.3) is 0 Å². The summed E-state index contributed by atoms with van der Waals surface area (Å²) in [6.45, 7) is 5.33. The highest BCUT2D eigenvalue weighted by Crippen LogP contribution is 2.34. The molecule has 3 amide bonds. The highest BCUT2D eigenvalue weighted by atomic mass is 35.5. The third-order valence-electron chi connectivity index (χ3n) is 5.51. The van der Waals surface area contributed by atoms with Crippen molar-refractivity contribution < 1.29 is 9.59 Å². The maximum absolute atomic E-state index is 13.4. The fourth-order valence-corrected chi connectivity index (χ4v) is 4.09. The van der Waals surface area contributed by atoms with Gasteiger partial charge in [0.05, 0.1) is 6.04 Å². The van der Waals surface area contributed by atoms with Gasteiger partial charge in [0, 0.05) is 42.1 Å². The van der Waals surface area contributed by atoms with Gasteiger partial charge in [-0.3, -0.25) is 4.79 Å². The summed E-state index contributed by atoms with van der Waals surface area (Å²) in [4.78, 5) is 29.6. The Balaban J connectivity index is 1.59. The molecule has 1 atom stereocenters. The van der Waals surface area contributed by atoms with Crippen LogP contribution >= 0.6 is 11.6 Å². The van der Waals surface area contributed by atoms with Crippen molar-refractivity contribution in [3.05, 3.63) is 58.9 Å². The van der Waals surface area contributed by atoms with Gasteiger partial charge in [-0.2, -0.15) is 0 Å². The number of benzene rings is 1. The Hall–Kier alpha value is -2.47. The zero-order valence-electron chi connectivity index (χ0n) is 16.8. The first-order chi connectivity index (χ1) is 13.9. The van der Waals surface area contributed by atoms with Gasteiger partial charge in [0.1, 0.15) is 6.54 Å². The van der Waals surface area contributed by atoms with Crippen LogP contribution in [0.4, 0.5) is 4.79 Å². The molecule has 1 aliphatic carbocycles. The summed E-state index contributed by atoms with van der Waals surface area (Å²) in [6, 6.07) is 11.6. The molecular weight excluding hydrogens is 388 g/mol. The summed E-state index contributed by atoms with van der Waals surface area (Å²) in [5.41, 5.74) is 2.10.